The van der Waals surface area contributed by atoms with Gasteiger partial charge in [-0.3, -0.25) is 4.79 Å². The summed E-state index contributed by atoms with van der Waals surface area (Å²) in [5, 5.41) is 0. The Kier molecular flexibility index (Phi) is 3.94. The molecule has 2 aromatic carbocycles. The lowest BCUT2D eigenvalue weighted by Gasteiger charge is -2.14. The van der Waals surface area contributed by atoms with Gasteiger partial charge in [0.25, 0.3) is 5.91 Å². The molecule has 0 unspecified atom stereocenters. The summed E-state index contributed by atoms with van der Waals surface area (Å²) in [5.74, 6) is -0.229. The fourth-order valence-electron chi connectivity index (χ4n) is 2.64. The van der Waals surface area contributed by atoms with E-state index in [-0.39, 0.29) is 5.91 Å². The maximum Gasteiger partial charge on any atom is 0.416 e. The molecule has 1 heterocycles. The van der Waals surface area contributed by atoms with Gasteiger partial charge in [-0.15, -0.1) is 0 Å². The van der Waals surface area contributed by atoms with E-state index in [2.05, 4.69) is 0 Å². The topological polar surface area (TPSA) is 20.3 Å². The molecule has 0 N–H and O–H groups in total. The van der Waals surface area contributed by atoms with E-state index in [4.69, 9.17) is 0 Å². The molecule has 3 rings (SSSR count). The summed E-state index contributed by atoms with van der Waals surface area (Å²) < 4.78 is 38.0. The van der Waals surface area contributed by atoms with E-state index in [9.17, 15) is 18.0 Å². The zero-order chi connectivity index (χ0) is 16.4. The molecule has 5 heteroatoms. The molecule has 0 atom stereocenters. The van der Waals surface area contributed by atoms with Gasteiger partial charge in [-0.1, -0.05) is 30.3 Å². The molecule has 1 aliphatic rings. The number of para-hydroxylation sites is 1. The van der Waals surface area contributed by atoms with Crippen LogP contribution in [0.1, 0.15) is 16.7 Å². The van der Waals surface area contributed by atoms with E-state index in [0.29, 0.717) is 12.1 Å². The monoisotopic (exact) mass is 317 g/mol. The second-order valence-electron chi connectivity index (χ2n) is 5.33. The second kappa shape index (κ2) is 5.91. The SMILES string of the molecule is O=C(C=Cc1cccc(C(F)(F)F)c1)N1CCc2ccccc21. The van der Waals surface area contributed by atoms with Crippen LogP contribution in [-0.2, 0) is 17.4 Å². The van der Waals surface area contributed by atoms with Crippen LogP contribution < -0.4 is 4.90 Å². The number of carbonyl (C=O) groups is 1. The Balaban J connectivity index is 1.78. The molecule has 0 aliphatic carbocycles. The number of fused-ring (bicyclic) bond motifs is 1. The molecule has 23 heavy (non-hydrogen) atoms. The minimum atomic E-state index is -4.39. The molecule has 0 spiro atoms. The van der Waals surface area contributed by atoms with Crippen LogP contribution in [0.5, 0.6) is 0 Å². The average molecular weight is 317 g/mol. The molecule has 118 valence electrons. The number of hydrogen-bond donors (Lipinski definition) is 0. The third-order valence-corrected chi connectivity index (χ3v) is 3.79. The van der Waals surface area contributed by atoms with Crippen LogP contribution in [0, 0.1) is 0 Å². The third kappa shape index (κ3) is 3.28. The maximum absolute atomic E-state index is 12.7. The van der Waals surface area contributed by atoms with E-state index >= 15 is 0 Å². The smallest absolute Gasteiger partial charge is 0.308 e. The van der Waals surface area contributed by atoms with Crippen LogP contribution >= 0.6 is 0 Å². The highest BCUT2D eigenvalue weighted by molar-refractivity contribution is 6.05. The van der Waals surface area contributed by atoms with Gasteiger partial charge in [-0.25, -0.2) is 0 Å². The van der Waals surface area contributed by atoms with Crippen LogP contribution in [0.25, 0.3) is 6.08 Å². The fourth-order valence-corrected chi connectivity index (χ4v) is 2.64. The predicted octanol–water partition coefficient (Wildman–Crippen LogP) is 4.31. The predicted molar refractivity (Wildman–Crippen MR) is 83.0 cm³/mol. The molecule has 2 aromatic rings. The summed E-state index contributed by atoms with van der Waals surface area (Å²) in [6, 6.07) is 12.5. The minimum Gasteiger partial charge on any atom is -0.308 e. The molecule has 0 saturated heterocycles. The van der Waals surface area contributed by atoms with Crippen LogP contribution in [0.4, 0.5) is 18.9 Å². The van der Waals surface area contributed by atoms with E-state index < -0.39 is 11.7 Å². The Morgan fingerprint density at radius 2 is 1.87 bits per heavy atom. The molecule has 1 aliphatic heterocycles. The number of halogens is 3. The summed E-state index contributed by atoms with van der Waals surface area (Å²) >= 11 is 0. The van der Waals surface area contributed by atoms with Gasteiger partial charge in [0.05, 0.1) is 5.56 Å². The van der Waals surface area contributed by atoms with Gasteiger partial charge in [0.1, 0.15) is 0 Å². The molecule has 0 bridgehead atoms. The Bertz CT molecular complexity index is 765. The van der Waals surface area contributed by atoms with Crippen molar-refractivity contribution in [3.8, 4) is 0 Å². The number of nitrogens with zero attached hydrogens (tertiary/aromatic N) is 1. The highest BCUT2D eigenvalue weighted by atomic mass is 19.4. The van der Waals surface area contributed by atoms with E-state index in [1.54, 1.807) is 4.90 Å². The molecule has 0 radical (unpaired) electrons. The van der Waals surface area contributed by atoms with Crippen molar-refractivity contribution in [3.63, 3.8) is 0 Å². The van der Waals surface area contributed by atoms with Crippen molar-refractivity contribution >= 4 is 17.7 Å². The highest BCUT2D eigenvalue weighted by Gasteiger charge is 2.30. The standard InChI is InChI=1S/C18H14F3NO/c19-18(20,21)15-6-3-4-13(12-15)8-9-17(23)22-11-10-14-5-1-2-7-16(14)22/h1-9,12H,10-11H2. The number of hydrogen-bond acceptors (Lipinski definition) is 1. The van der Waals surface area contributed by atoms with E-state index in [0.717, 1.165) is 29.8 Å². The lowest BCUT2D eigenvalue weighted by molar-refractivity contribution is -0.137. The number of anilines is 1. The van der Waals surface area contributed by atoms with Gasteiger partial charge in [0.15, 0.2) is 0 Å². The number of rotatable bonds is 2. The van der Waals surface area contributed by atoms with Gasteiger partial charge in [0, 0.05) is 18.3 Å². The van der Waals surface area contributed by atoms with Crippen molar-refractivity contribution in [1.29, 1.82) is 0 Å². The van der Waals surface area contributed by atoms with Crippen LogP contribution in [0.2, 0.25) is 0 Å². The van der Waals surface area contributed by atoms with Crippen LogP contribution in [0.15, 0.2) is 54.6 Å². The van der Waals surface area contributed by atoms with E-state index in [1.807, 2.05) is 24.3 Å². The lowest BCUT2D eigenvalue weighted by Crippen LogP contribution is -2.26. The first-order valence-electron chi connectivity index (χ1n) is 7.20. The molecule has 0 fully saturated rings. The van der Waals surface area contributed by atoms with Crippen molar-refractivity contribution in [2.75, 3.05) is 11.4 Å². The molecule has 1 amide bonds. The number of alkyl halides is 3. The average Bonchev–Trinajstić information content (AvgIpc) is 2.96. The third-order valence-electron chi connectivity index (χ3n) is 3.79. The first-order chi connectivity index (χ1) is 10.9. The molecule has 0 saturated carbocycles. The maximum atomic E-state index is 12.7. The van der Waals surface area contributed by atoms with Crippen molar-refractivity contribution in [1.82, 2.24) is 0 Å². The Morgan fingerprint density at radius 1 is 1.09 bits per heavy atom. The zero-order valence-corrected chi connectivity index (χ0v) is 12.2. The van der Waals surface area contributed by atoms with Gasteiger partial charge >= 0.3 is 6.18 Å². The first kappa shape index (κ1) is 15.3. The number of benzene rings is 2. The second-order valence-corrected chi connectivity index (χ2v) is 5.33. The summed E-state index contributed by atoms with van der Waals surface area (Å²) in [4.78, 5) is 13.9. The Hall–Kier alpha value is -2.56. The van der Waals surface area contributed by atoms with Gasteiger partial charge < -0.3 is 4.90 Å². The summed E-state index contributed by atoms with van der Waals surface area (Å²) in [6.45, 7) is 0.588. The van der Waals surface area contributed by atoms with Gasteiger partial charge in [0.2, 0.25) is 0 Å². The Labute approximate surface area is 131 Å². The first-order valence-corrected chi connectivity index (χ1v) is 7.20. The van der Waals surface area contributed by atoms with Crippen molar-refractivity contribution in [2.24, 2.45) is 0 Å². The highest BCUT2D eigenvalue weighted by Crippen LogP contribution is 2.30. The van der Waals surface area contributed by atoms with Crippen molar-refractivity contribution in [3.05, 3.63) is 71.3 Å². The number of amides is 1. The van der Waals surface area contributed by atoms with Gasteiger partial charge in [-0.05, 0) is 41.8 Å². The quantitative estimate of drug-likeness (QED) is 0.756. The number of carbonyl (C=O) groups excluding carboxylic acids is 1. The minimum absolute atomic E-state index is 0.229. The normalized spacial score (nSPS) is 14.3. The van der Waals surface area contributed by atoms with Gasteiger partial charge in [-0.2, -0.15) is 13.2 Å². The zero-order valence-electron chi connectivity index (χ0n) is 12.2. The van der Waals surface area contributed by atoms with Crippen molar-refractivity contribution in [2.45, 2.75) is 12.6 Å². The van der Waals surface area contributed by atoms with Crippen LogP contribution in [0.3, 0.4) is 0 Å². The Morgan fingerprint density at radius 3 is 2.65 bits per heavy atom. The summed E-state index contributed by atoms with van der Waals surface area (Å²) in [6.07, 6.45) is -0.864. The lowest BCUT2D eigenvalue weighted by atomic mass is 10.1. The van der Waals surface area contributed by atoms with Crippen molar-refractivity contribution < 1.29 is 18.0 Å². The molecule has 2 nitrogen and oxygen atoms in total. The fraction of sp³-hybridized carbons (Fsp3) is 0.167. The summed E-state index contributed by atoms with van der Waals surface area (Å²) in [5.41, 5.74) is 1.60. The molecular weight excluding hydrogens is 303 g/mol. The molecular formula is C18H14F3NO. The van der Waals surface area contributed by atoms with E-state index in [1.165, 1.54) is 24.3 Å². The molecule has 0 aromatic heterocycles. The van der Waals surface area contributed by atoms with Crippen LogP contribution in [-0.4, -0.2) is 12.5 Å². The summed E-state index contributed by atoms with van der Waals surface area (Å²) in [7, 11) is 0. The largest absolute Gasteiger partial charge is 0.416 e.